The highest BCUT2D eigenvalue weighted by Crippen LogP contribution is 2.23. The summed E-state index contributed by atoms with van der Waals surface area (Å²) in [7, 11) is 0. The molecule has 5 nitrogen and oxygen atoms in total. The fourth-order valence-electron chi connectivity index (χ4n) is 2.30. The topological polar surface area (TPSA) is 53.0 Å². The van der Waals surface area contributed by atoms with Crippen molar-refractivity contribution in [3.05, 3.63) is 29.8 Å². The molecule has 1 saturated heterocycles. The highest BCUT2D eigenvalue weighted by molar-refractivity contribution is 5.94. The third-order valence-corrected chi connectivity index (χ3v) is 3.41. The molecule has 1 fully saturated rings. The molecule has 2 rings (SSSR count). The lowest BCUT2D eigenvalue weighted by atomic mass is 10.1. The lowest BCUT2D eigenvalue weighted by Crippen LogP contribution is -2.49. The quantitative estimate of drug-likeness (QED) is 0.910. The molecule has 1 aliphatic heterocycles. The van der Waals surface area contributed by atoms with Crippen LogP contribution in [0.4, 0.5) is 13.2 Å². The number of β-amino-alcohol motifs (C(OH)–C–C–N with tert-alkyl or cyclic N) is 1. The van der Waals surface area contributed by atoms with Gasteiger partial charge in [-0.25, -0.2) is 0 Å². The van der Waals surface area contributed by atoms with Crippen molar-refractivity contribution in [1.82, 2.24) is 9.80 Å². The summed E-state index contributed by atoms with van der Waals surface area (Å²) in [6.45, 7) is 3.04. The number of hydrogen-bond donors (Lipinski definition) is 1. The van der Waals surface area contributed by atoms with Gasteiger partial charge in [0.15, 0.2) is 0 Å². The number of piperazine rings is 1. The van der Waals surface area contributed by atoms with Gasteiger partial charge < -0.3 is 14.7 Å². The molecular formula is C14H17F3N2O3. The second-order valence-corrected chi connectivity index (χ2v) is 4.93. The normalized spacial score (nSPS) is 16.6. The van der Waals surface area contributed by atoms with Crippen molar-refractivity contribution in [3.63, 3.8) is 0 Å². The first kappa shape index (κ1) is 16.6. The van der Waals surface area contributed by atoms with Gasteiger partial charge in [-0.3, -0.25) is 9.69 Å². The predicted octanol–water partition coefficient (Wildman–Crippen LogP) is 1.34. The Balaban J connectivity index is 1.93. The molecule has 0 atom stereocenters. The van der Waals surface area contributed by atoms with Crippen LogP contribution in [-0.2, 0) is 0 Å². The van der Waals surface area contributed by atoms with Crippen LogP contribution in [0.15, 0.2) is 24.3 Å². The SMILES string of the molecule is O=C(c1ccc(OC(F)(F)F)cc1)N1CCN(CCO)CC1. The predicted molar refractivity (Wildman–Crippen MR) is 72.6 cm³/mol. The zero-order chi connectivity index (χ0) is 16.2. The van der Waals surface area contributed by atoms with E-state index in [1.807, 2.05) is 4.90 Å². The van der Waals surface area contributed by atoms with E-state index in [2.05, 4.69) is 4.74 Å². The van der Waals surface area contributed by atoms with Gasteiger partial charge in [0, 0.05) is 38.3 Å². The minimum atomic E-state index is -4.74. The Morgan fingerprint density at radius 1 is 1.14 bits per heavy atom. The first-order chi connectivity index (χ1) is 10.4. The summed E-state index contributed by atoms with van der Waals surface area (Å²) in [5.41, 5.74) is 0.324. The van der Waals surface area contributed by atoms with Crippen LogP contribution in [0.3, 0.4) is 0 Å². The van der Waals surface area contributed by atoms with Crippen LogP contribution in [0.5, 0.6) is 5.75 Å². The van der Waals surface area contributed by atoms with Gasteiger partial charge in [-0.2, -0.15) is 0 Å². The molecule has 0 saturated carbocycles. The summed E-state index contributed by atoms with van der Waals surface area (Å²) in [5.74, 6) is -0.570. The fraction of sp³-hybridized carbons (Fsp3) is 0.500. The number of rotatable bonds is 4. The summed E-state index contributed by atoms with van der Waals surface area (Å²) >= 11 is 0. The van der Waals surface area contributed by atoms with E-state index in [-0.39, 0.29) is 18.3 Å². The van der Waals surface area contributed by atoms with E-state index in [0.717, 1.165) is 12.1 Å². The van der Waals surface area contributed by atoms with Crippen molar-refractivity contribution in [3.8, 4) is 5.75 Å². The number of benzene rings is 1. The number of carbonyl (C=O) groups excluding carboxylic acids is 1. The average Bonchev–Trinajstić information content (AvgIpc) is 2.47. The third kappa shape index (κ3) is 4.60. The lowest BCUT2D eigenvalue weighted by Gasteiger charge is -2.34. The Labute approximate surface area is 125 Å². The highest BCUT2D eigenvalue weighted by atomic mass is 19.4. The summed E-state index contributed by atoms with van der Waals surface area (Å²) < 4.78 is 40.0. The zero-order valence-electron chi connectivity index (χ0n) is 11.8. The van der Waals surface area contributed by atoms with E-state index in [1.165, 1.54) is 12.1 Å². The maximum Gasteiger partial charge on any atom is 0.573 e. The van der Waals surface area contributed by atoms with E-state index < -0.39 is 6.36 Å². The number of halogens is 3. The van der Waals surface area contributed by atoms with E-state index >= 15 is 0 Å². The summed E-state index contributed by atoms with van der Waals surface area (Å²) in [5, 5.41) is 8.86. The number of aliphatic hydroxyl groups excluding tert-OH is 1. The lowest BCUT2D eigenvalue weighted by molar-refractivity contribution is -0.274. The molecule has 122 valence electrons. The molecule has 0 spiro atoms. The highest BCUT2D eigenvalue weighted by Gasteiger charge is 2.31. The molecule has 8 heteroatoms. The second kappa shape index (κ2) is 6.97. The van der Waals surface area contributed by atoms with Crippen LogP contribution in [0.2, 0.25) is 0 Å². The summed E-state index contributed by atoms with van der Waals surface area (Å²) in [6.07, 6.45) is -4.74. The number of hydrogen-bond acceptors (Lipinski definition) is 4. The molecular weight excluding hydrogens is 301 g/mol. The second-order valence-electron chi connectivity index (χ2n) is 4.93. The molecule has 22 heavy (non-hydrogen) atoms. The molecule has 1 heterocycles. The third-order valence-electron chi connectivity index (χ3n) is 3.41. The Hall–Kier alpha value is -1.80. The largest absolute Gasteiger partial charge is 0.573 e. The van der Waals surface area contributed by atoms with Crippen molar-refractivity contribution < 1.29 is 27.8 Å². The van der Waals surface area contributed by atoms with Crippen molar-refractivity contribution >= 4 is 5.91 Å². The number of aliphatic hydroxyl groups is 1. The molecule has 1 N–H and O–H groups in total. The zero-order valence-corrected chi connectivity index (χ0v) is 11.8. The number of ether oxygens (including phenoxy) is 1. The number of amides is 1. The smallest absolute Gasteiger partial charge is 0.406 e. The van der Waals surface area contributed by atoms with Crippen LogP contribution < -0.4 is 4.74 Å². The van der Waals surface area contributed by atoms with Gasteiger partial charge in [0.25, 0.3) is 5.91 Å². The minimum Gasteiger partial charge on any atom is -0.406 e. The Morgan fingerprint density at radius 3 is 2.23 bits per heavy atom. The molecule has 1 aromatic carbocycles. The summed E-state index contributed by atoms with van der Waals surface area (Å²) in [6, 6.07) is 4.90. The molecule has 1 aromatic rings. The Kier molecular flexibility index (Phi) is 5.25. The van der Waals surface area contributed by atoms with Crippen LogP contribution >= 0.6 is 0 Å². The average molecular weight is 318 g/mol. The van der Waals surface area contributed by atoms with E-state index in [1.54, 1.807) is 4.90 Å². The first-order valence-corrected chi connectivity index (χ1v) is 6.87. The van der Waals surface area contributed by atoms with Gasteiger partial charge in [0.05, 0.1) is 6.61 Å². The van der Waals surface area contributed by atoms with Crippen LogP contribution in [-0.4, -0.2) is 66.5 Å². The van der Waals surface area contributed by atoms with Gasteiger partial charge in [0.1, 0.15) is 5.75 Å². The molecule has 0 radical (unpaired) electrons. The van der Waals surface area contributed by atoms with Gasteiger partial charge in [-0.1, -0.05) is 0 Å². The van der Waals surface area contributed by atoms with Crippen molar-refractivity contribution in [1.29, 1.82) is 0 Å². The Bertz CT molecular complexity index is 497. The summed E-state index contributed by atoms with van der Waals surface area (Å²) in [4.78, 5) is 15.9. The molecule has 0 bridgehead atoms. The van der Waals surface area contributed by atoms with Gasteiger partial charge >= 0.3 is 6.36 Å². The van der Waals surface area contributed by atoms with Crippen LogP contribution in [0.25, 0.3) is 0 Å². The molecule has 1 amide bonds. The maximum absolute atomic E-state index is 12.3. The van der Waals surface area contributed by atoms with E-state index in [0.29, 0.717) is 38.3 Å². The van der Waals surface area contributed by atoms with E-state index in [4.69, 9.17) is 5.11 Å². The van der Waals surface area contributed by atoms with Crippen LogP contribution in [0, 0.1) is 0 Å². The first-order valence-electron chi connectivity index (χ1n) is 6.87. The van der Waals surface area contributed by atoms with E-state index in [9.17, 15) is 18.0 Å². The molecule has 1 aliphatic rings. The molecule has 0 aliphatic carbocycles. The fourth-order valence-corrected chi connectivity index (χ4v) is 2.30. The minimum absolute atomic E-state index is 0.0780. The Morgan fingerprint density at radius 2 is 1.73 bits per heavy atom. The van der Waals surface area contributed by atoms with Crippen LogP contribution in [0.1, 0.15) is 10.4 Å². The number of alkyl halides is 3. The number of nitrogens with zero attached hydrogens (tertiary/aromatic N) is 2. The monoisotopic (exact) mass is 318 g/mol. The molecule has 0 aromatic heterocycles. The van der Waals surface area contributed by atoms with Gasteiger partial charge in [0.2, 0.25) is 0 Å². The van der Waals surface area contributed by atoms with Crippen molar-refractivity contribution in [2.24, 2.45) is 0 Å². The van der Waals surface area contributed by atoms with Gasteiger partial charge in [-0.05, 0) is 24.3 Å². The van der Waals surface area contributed by atoms with Gasteiger partial charge in [-0.15, -0.1) is 13.2 Å². The maximum atomic E-state index is 12.3. The standard InChI is InChI=1S/C14H17F3N2O3/c15-14(16,17)22-12-3-1-11(2-4-12)13(21)19-7-5-18(6-8-19)9-10-20/h1-4,20H,5-10H2. The van der Waals surface area contributed by atoms with Crippen molar-refractivity contribution in [2.45, 2.75) is 6.36 Å². The number of carbonyl (C=O) groups is 1. The van der Waals surface area contributed by atoms with Crippen molar-refractivity contribution in [2.75, 3.05) is 39.3 Å². The molecule has 0 unspecified atom stereocenters.